The molecule has 16 heavy (non-hydrogen) atoms. The first kappa shape index (κ1) is 13.7. The molecule has 0 aromatic carbocycles. The Kier molecular flexibility index (Phi) is 5.02. The Morgan fingerprint density at radius 2 is 2.06 bits per heavy atom. The molecule has 0 saturated carbocycles. The van der Waals surface area contributed by atoms with Gasteiger partial charge in [0.15, 0.2) is 0 Å². The number of ether oxygens (including phenoxy) is 1. The lowest BCUT2D eigenvalue weighted by Crippen LogP contribution is -2.38. The topological polar surface area (TPSA) is 42.6 Å². The summed E-state index contributed by atoms with van der Waals surface area (Å²) in [5.74, 6) is 0.539. The molecule has 1 aromatic heterocycles. The van der Waals surface area contributed by atoms with Crippen LogP contribution >= 0.6 is 15.9 Å². The number of hydrogen-bond donors (Lipinski definition) is 1. The van der Waals surface area contributed by atoms with Crippen LogP contribution in [0.1, 0.15) is 45.5 Å². The summed E-state index contributed by atoms with van der Waals surface area (Å²) in [6.45, 7) is 6.54. The van der Waals surface area contributed by atoms with Crippen LogP contribution in [0.3, 0.4) is 0 Å². The summed E-state index contributed by atoms with van der Waals surface area (Å²) in [4.78, 5) is 0. The largest absolute Gasteiger partial charge is 0.465 e. The quantitative estimate of drug-likeness (QED) is 0.869. The fourth-order valence-corrected chi connectivity index (χ4v) is 2.36. The van der Waals surface area contributed by atoms with Gasteiger partial charge in [-0.25, -0.2) is 0 Å². The second-order valence-corrected chi connectivity index (χ2v) is 4.59. The van der Waals surface area contributed by atoms with Crippen molar-refractivity contribution in [1.82, 2.24) is 0 Å². The normalized spacial score (nSPS) is 14.1. The summed E-state index contributed by atoms with van der Waals surface area (Å²) in [5, 5.41) is 10.4. The molecule has 1 heterocycles. The average Bonchev–Trinajstić information content (AvgIpc) is 2.71. The van der Waals surface area contributed by atoms with Crippen molar-refractivity contribution in [2.24, 2.45) is 0 Å². The Hall–Kier alpha value is -0.320. The smallest absolute Gasteiger partial charge is 0.149 e. The minimum atomic E-state index is -0.744. The zero-order valence-electron chi connectivity index (χ0n) is 10.00. The van der Waals surface area contributed by atoms with Gasteiger partial charge in [-0.3, -0.25) is 0 Å². The minimum Gasteiger partial charge on any atom is -0.465 e. The van der Waals surface area contributed by atoms with Gasteiger partial charge in [-0.1, -0.05) is 13.8 Å². The first-order chi connectivity index (χ1) is 7.61. The predicted molar refractivity (Wildman–Crippen MR) is 66.3 cm³/mol. The first-order valence-corrected chi connectivity index (χ1v) is 6.45. The summed E-state index contributed by atoms with van der Waals surface area (Å²) < 4.78 is 11.8. The van der Waals surface area contributed by atoms with Crippen molar-refractivity contribution in [2.45, 2.75) is 45.3 Å². The molecule has 4 heteroatoms. The number of aliphatic hydroxyl groups is 1. The lowest BCUT2D eigenvalue weighted by atomic mass is 9.89. The molecule has 92 valence electrons. The third kappa shape index (κ3) is 2.50. The molecule has 0 saturated heterocycles. The highest BCUT2D eigenvalue weighted by molar-refractivity contribution is 9.10. The molecule has 1 aromatic rings. The molecule has 0 spiro atoms. The number of rotatable bonds is 6. The van der Waals surface area contributed by atoms with E-state index >= 15 is 0 Å². The van der Waals surface area contributed by atoms with Crippen LogP contribution in [-0.4, -0.2) is 17.3 Å². The van der Waals surface area contributed by atoms with Crippen LogP contribution in [0.25, 0.3) is 0 Å². The highest BCUT2D eigenvalue weighted by Crippen LogP contribution is 2.38. The second-order valence-electron chi connectivity index (χ2n) is 3.74. The Balaban J connectivity index is 2.99. The van der Waals surface area contributed by atoms with Crippen LogP contribution in [-0.2, 0) is 4.74 Å². The van der Waals surface area contributed by atoms with Crippen LogP contribution in [0.5, 0.6) is 0 Å². The summed E-state index contributed by atoms with van der Waals surface area (Å²) in [7, 11) is 0. The number of aliphatic hydroxyl groups excluding tert-OH is 1. The highest BCUT2D eigenvalue weighted by Gasteiger charge is 2.39. The van der Waals surface area contributed by atoms with Gasteiger partial charge < -0.3 is 14.3 Å². The summed E-state index contributed by atoms with van der Waals surface area (Å²) >= 11 is 3.36. The second kappa shape index (κ2) is 5.84. The van der Waals surface area contributed by atoms with Crippen LogP contribution in [0.2, 0.25) is 0 Å². The highest BCUT2D eigenvalue weighted by atomic mass is 79.9. The Morgan fingerprint density at radius 3 is 2.44 bits per heavy atom. The molecule has 0 amide bonds. The van der Waals surface area contributed by atoms with Crippen molar-refractivity contribution < 1.29 is 14.3 Å². The summed E-state index contributed by atoms with van der Waals surface area (Å²) in [6, 6.07) is 1.78. The fraction of sp³-hybridized carbons (Fsp3) is 0.667. The molecule has 1 N–H and O–H groups in total. The maximum Gasteiger partial charge on any atom is 0.149 e. The zero-order valence-corrected chi connectivity index (χ0v) is 11.6. The molecule has 0 aliphatic rings. The van der Waals surface area contributed by atoms with Crippen LogP contribution in [0.15, 0.2) is 21.2 Å². The van der Waals surface area contributed by atoms with Gasteiger partial charge in [0, 0.05) is 6.61 Å². The van der Waals surface area contributed by atoms with E-state index in [0.717, 1.165) is 17.3 Å². The van der Waals surface area contributed by atoms with Crippen molar-refractivity contribution in [3.63, 3.8) is 0 Å². The van der Waals surface area contributed by atoms with Gasteiger partial charge in [-0.15, -0.1) is 0 Å². The predicted octanol–water partition coefficient (Wildman–Crippen LogP) is 3.67. The number of hydrogen-bond acceptors (Lipinski definition) is 3. The molecule has 0 bridgehead atoms. The van der Waals surface area contributed by atoms with Gasteiger partial charge in [0.2, 0.25) is 0 Å². The third-order valence-corrected chi connectivity index (χ3v) is 3.68. The van der Waals surface area contributed by atoms with Gasteiger partial charge in [0.05, 0.1) is 10.7 Å². The van der Waals surface area contributed by atoms with E-state index in [1.54, 1.807) is 12.3 Å². The van der Waals surface area contributed by atoms with Crippen molar-refractivity contribution in [3.05, 3.63) is 22.6 Å². The fourth-order valence-electron chi connectivity index (χ4n) is 1.95. The molecule has 1 unspecified atom stereocenters. The number of furan rings is 1. The zero-order chi connectivity index (χ0) is 12.2. The van der Waals surface area contributed by atoms with E-state index in [4.69, 9.17) is 9.15 Å². The lowest BCUT2D eigenvalue weighted by molar-refractivity contribution is -0.133. The van der Waals surface area contributed by atoms with E-state index in [1.807, 2.05) is 20.8 Å². The molecule has 3 nitrogen and oxygen atoms in total. The Bertz CT molecular complexity index is 318. The molecule has 0 aliphatic carbocycles. The van der Waals surface area contributed by atoms with Gasteiger partial charge in [-0.2, -0.15) is 0 Å². The van der Waals surface area contributed by atoms with Gasteiger partial charge in [-0.05, 0) is 41.8 Å². The van der Waals surface area contributed by atoms with E-state index in [0.29, 0.717) is 12.4 Å². The van der Waals surface area contributed by atoms with Crippen LogP contribution in [0, 0.1) is 0 Å². The average molecular weight is 291 g/mol. The number of halogens is 1. The van der Waals surface area contributed by atoms with Gasteiger partial charge in [0.25, 0.3) is 0 Å². The van der Waals surface area contributed by atoms with E-state index in [9.17, 15) is 5.11 Å². The molecular weight excluding hydrogens is 272 g/mol. The molecule has 1 atom stereocenters. The van der Waals surface area contributed by atoms with E-state index in [1.165, 1.54) is 0 Å². The monoisotopic (exact) mass is 290 g/mol. The molecular formula is C12H19BrO3. The maximum atomic E-state index is 10.4. The molecule has 0 fully saturated rings. The van der Waals surface area contributed by atoms with Crippen LogP contribution < -0.4 is 0 Å². The van der Waals surface area contributed by atoms with E-state index in [-0.39, 0.29) is 0 Å². The van der Waals surface area contributed by atoms with Crippen molar-refractivity contribution in [1.29, 1.82) is 0 Å². The standard InChI is InChI=1S/C12H19BrO3/c1-4-12(5-2,16-6-3)11(14)10-9(13)7-8-15-10/h7-8,11,14H,4-6H2,1-3H3. The molecule has 0 radical (unpaired) electrons. The third-order valence-electron chi connectivity index (χ3n) is 3.02. The molecule has 1 rings (SSSR count). The SMILES string of the molecule is CCOC(CC)(CC)C(O)c1occc1Br. The van der Waals surface area contributed by atoms with Crippen molar-refractivity contribution in [3.8, 4) is 0 Å². The lowest BCUT2D eigenvalue weighted by Gasteiger charge is -2.35. The van der Waals surface area contributed by atoms with Gasteiger partial charge >= 0.3 is 0 Å². The first-order valence-electron chi connectivity index (χ1n) is 5.66. The molecule has 0 aliphatic heterocycles. The van der Waals surface area contributed by atoms with Gasteiger partial charge in [0.1, 0.15) is 17.5 Å². The maximum absolute atomic E-state index is 10.4. The summed E-state index contributed by atoms with van der Waals surface area (Å²) in [6.07, 6.45) is 2.30. The van der Waals surface area contributed by atoms with Crippen LogP contribution in [0.4, 0.5) is 0 Å². The van der Waals surface area contributed by atoms with Crippen molar-refractivity contribution in [2.75, 3.05) is 6.61 Å². The minimum absolute atomic E-state index is 0.539. The van der Waals surface area contributed by atoms with E-state index in [2.05, 4.69) is 15.9 Å². The Morgan fingerprint density at radius 1 is 1.44 bits per heavy atom. The van der Waals surface area contributed by atoms with E-state index < -0.39 is 11.7 Å². The summed E-state index contributed by atoms with van der Waals surface area (Å²) in [5.41, 5.74) is -0.560. The van der Waals surface area contributed by atoms with Crippen molar-refractivity contribution >= 4 is 15.9 Å². The Labute approximate surface area is 105 Å².